The molecule has 0 fully saturated rings. The number of phenols is 1. The molecule has 0 heterocycles. The van der Waals surface area contributed by atoms with Crippen molar-refractivity contribution in [3.05, 3.63) is 62.7 Å². The Bertz CT molecular complexity index is 785. The first-order valence-corrected chi connectivity index (χ1v) is 6.25. The molecule has 0 spiro atoms. The molecule has 0 aliphatic carbocycles. The maximum absolute atomic E-state index is 10.9. The van der Waals surface area contributed by atoms with Crippen LogP contribution in [0.3, 0.4) is 0 Å². The van der Waals surface area contributed by atoms with Crippen molar-refractivity contribution in [1.82, 2.24) is 0 Å². The number of allylic oxidation sites excluding steroid dienone is 3. The number of hydrogen-bond acceptors (Lipinski definition) is 7. The van der Waals surface area contributed by atoms with Crippen molar-refractivity contribution in [1.29, 1.82) is 5.26 Å². The van der Waals surface area contributed by atoms with E-state index in [1.165, 1.54) is 18.5 Å². The summed E-state index contributed by atoms with van der Waals surface area (Å²) in [6, 6.07) is 4.12. The molecular weight excluding hydrogens is 300 g/mol. The van der Waals surface area contributed by atoms with E-state index in [0.29, 0.717) is 5.57 Å². The third-order valence-corrected chi connectivity index (χ3v) is 2.76. The second-order valence-electron chi connectivity index (χ2n) is 4.13. The number of rotatable bonds is 6. The molecule has 0 aromatic heterocycles. The molecule has 8 nitrogen and oxygen atoms in total. The van der Waals surface area contributed by atoms with Crippen molar-refractivity contribution in [3.63, 3.8) is 0 Å². The molecule has 0 bridgehead atoms. The summed E-state index contributed by atoms with van der Waals surface area (Å²) >= 11 is 0. The van der Waals surface area contributed by atoms with Gasteiger partial charge in [0.05, 0.1) is 16.6 Å². The molecule has 0 aliphatic heterocycles. The molecule has 0 radical (unpaired) electrons. The maximum Gasteiger partial charge on any atom is 0.313 e. The fourth-order valence-electron chi connectivity index (χ4n) is 1.70. The number of aromatic hydroxyl groups is 1. The van der Waals surface area contributed by atoms with E-state index in [1.807, 2.05) is 6.07 Å². The molecule has 0 saturated heterocycles. The van der Waals surface area contributed by atoms with Crippen LogP contribution in [0, 0.1) is 26.4 Å². The summed E-state index contributed by atoms with van der Waals surface area (Å²) in [6.07, 6.45) is 5.63. The molecule has 1 aromatic carbocycles. The van der Waals surface area contributed by atoms with Crippen LogP contribution in [0.5, 0.6) is 5.75 Å². The number of nitro groups is 1. The minimum Gasteiger partial charge on any atom is -0.501 e. The number of nitriles is 1. The van der Waals surface area contributed by atoms with Gasteiger partial charge in [-0.2, -0.15) is 5.26 Å². The van der Waals surface area contributed by atoms with Crippen LogP contribution >= 0.6 is 0 Å². The summed E-state index contributed by atoms with van der Waals surface area (Å²) in [5.74, 6) is -0.819. The Labute approximate surface area is 131 Å². The van der Waals surface area contributed by atoms with E-state index in [0.717, 1.165) is 12.1 Å². The lowest BCUT2D eigenvalue weighted by molar-refractivity contribution is -0.385. The molecule has 1 rings (SSSR count). The smallest absolute Gasteiger partial charge is 0.313 e. The van der Waals surface area contributed by atoms with E-state index in [-0.39, 0.29) is 11.1 Å². The second-order valence-corrected chi connectivity index (χ2v) is 4.13. The molecule has 0 aliphatic rings. The van der Waals surface area contributed by atoms with Gasteiger partial charge >= 0.3 is 5.69 Å². The van der Waals surface area contributed by atoms with Gasteiger partial charge in [0.1, 0.15) is 0 Å². The first-order chi connectivity index (χ1) is 11.0. The lowest BCUT2D eigenvalue weighted by Gasteiger charge is -2.02. The van der Waals surface area contributed by atoms with Gasteiger partial charge < -0.3 is 5.11 Å². The minimum absolute atomic E-state index is 0.162. The van der Waals surface area contributed by atoms with Gasteiger partial charge in [-0.25, -0.2) is 0 Å². The van der Waals surface area contributed by atoms with Crippen molar-refractivity contribution in [2.75, 3.05) is 0 Å². The number of nitro benzene ring substituents is 1. The summed E-state index contributed by atoms with van der Waals surface area (Å²) in [6.45, 7) is 5.11. The Hall–Kier alpha value is -3.60. The monoisotopic (exact) mass is 312 g/mol. The largest absolute Gasteiger partial charge is 0.501 e. The average molecular weight is 312 g/mol. The fourth-order valence-corrected chi connectivity index (χ4v) is 1.70. The summed E-state index contributed by atoms with van der Waals surface area (Å²) in [4.78, 5) is 24.5. The van der Waals surface area contributed by atoms with Crippen molar-refractivity contribution in [2.24, 2.45) is 10.2 Å². The highest BCUT2D eigenvalue weighted by molar-refractivity contribution is 5.90. The maximum atomic E-state index is 10.9. The van der Waals surface area contributed by atoms with Gasteiger partial charge in [0.25, 0.3) is 0 Å². The van der Waals surface area contributed by atoms with Crippen LogP contribution in [-0.4, -0.2) is 16.2 Å². The van der Waals surface area contributed by atoms with E-state index in [9.17, 15) is 25.4 Å². The topological polar surface area (TPSA) is 129 Å². The molecule has 8 heteroatoms. The van der Waals surface area contributed by atoms with Crippen LogP contribution in [0.4, 0.5) is 11.4 Å². The highest BCUT2D eigenvalue weighted by atomic mass is 16.6. The molecule has 23 heavy (non-hydrogen) atoms. The molecule has 1 N–H and O–H groups in total. The van der Waals surface area contributed by atoms with Crippen molar-refractivity contribution in [2.45, 2.75) is 6.92 Å². The highest BCUT2D eigenvalue weighted by Gasteiger charge is 2.19. The first-order valence-electron chi connectivity index (χ1n) is 6.25. The van der Waals surface area contributed by atoms with E-state index in [1.54, 1.807) is 13.0 Å². The molecular formula is C15H12N4O4. The summed E-state index contributed by atoms with van der Waals surface area (Å²) in [7, 11) is 0. The zero-order valence-corrected chi connectivity index (χ0v) is 12.1. The van der Waals surface area contributed by atoms with Gasteiger partial charge in [-0.1, -0.05) is 12.7 Å². The highest BCUT2D eigenvalue weighted by Crippen LogP contribution is 2.37. The number of benzene rings is 1. The Morgan fingerprint density at radius 2 is 2.22 bits per heavy atom. The predicted molar refractivity (Wildman–Crippen MR) is 86.3 cm³/mol. The zero-order chi connectivity index (χ0) is 17.4. The quantitative estimate of drug-likeness (QED) is 0.213. The summed E-state index contributed by atoms with van der Waals surface area (Å²) in [5, 5.41) is 32.3. The lowest BCUT2D eigenvalue weighted by Crippen LogP contribution is -1.92. The Morgan fingerprint density at radius 1 is 1.52 bits per heavy atom. The van der Waals surface area contributed by atoms with Gasteiger partial charge in [-0.3, -0.25) is 15.1 Å². The third kappa shape index (κ3) is 4.18. The van der Waals surface area contributed by atoms with Crippen molar-refractivity contribution in [3.8, 4) is 11.8 Å². The fraction of sp³-hybridized carbons (Fsp3) is 0.0667. The van der Waals surface area contributed by atoms with E-state index >= 15 is 0 Å². The third-order valence-electron chi connectivity index (χ3n) is 2.76. The van der Waals surface area contributed by atoms with Crippen molar-refractivity contribution < 1.29 is 10.0 Å². The minimum atomic E-state index is -0.844. The molecule has 1 aromatic rings. The van der Waals surface area contributed by atoms with Gasteiger partial charge in [0.15, 0.2) is 5.69 Å². The van der Waals surface area contributed by atoms with Crippen LogP contribution < -0.4 is 0 Å². The molecule has 116 valence electrons. The second kappa shape index (κ2) is 7.99. The van der Waals surface area contributed by atoms with Crippen LogP contribution in [0.2, 0.25) is 0 Å². The van der Waals surface area contributed by atoms with Gasteiger partial charge in [-0.05, 0) is 29.8 Å². The summed E-state index contributed by atoms with van der Waals surface area (Å²) in [5.41, 5.74) is -0.359. The van der Waals surface area contributed by atoms with Gasteiger partial charge in [-0.15, -0.1) is 4.91 Å². The van der Waals surface area contributed by atoms with Crippen LogP contribution in [0.1, 0.15) is 12.5 Å². The number of hydrogen-bond donors (Lipinski definition) is 1. The summed E-state index contributed by atoms with van der Waals surface area (Å²) < 4.78 is 0. The number of nitrogens with zero attached hydrogens (tertiary/aromatic N) is 4. The zero-order valence-electron chi connectivity index (χ0n) is 12.1. The van der Waals surface area contributed by atoms with Crippen LogP contribution in [-0.2, 0) is 0 Å². The number of phenolic OH excluding ortho intramolecular Hbond substituents is 1. The van der Waals surface area contributed by atoms with E-state index < -0.39 is 22.0 Å². The number of aliphatic imine (C=N–C) groups is 1. The Kier molecular flexibility index (Phi) is 6.06. The Balaban J connectivity index is 3.50. The first kappa shape index (κ1) is 17.5. The lowest BCUT2D eigenvalue weighted by atomic mass is 10.0. The molecule has 0 atom stereocenters. The molecule has 0 amide bonds. The average Bonchev–Trinajstić information content (AvgIpc) is 2.55. The SMILES string of the molecule is C=C\N=C/C(=C\C)C(/C#N)=C/c1cc(N=O)c(O)c([N+](=O)[O-])c1. The molecule has 0 saturated carbocycles. The van der Waals surface area contributed by atoms with E-state index in [4.69, 9.17) is 0 Å². The Morgan fingerprint density at radius 3 is 2.70 bits per heavy atom. The van der Waals surface area contributed by atoms with Crippen molar-refractivity contribution >= 4 is 23.7 Å². The van der Waals surface area contributed by atoms with Crippen LogP contribution in [0.25, 0.3) is 6.08 Å². The standard InChI is InChI=1S/C15H12N4O4/c1-3-11(9-17-4-2)12(8-16)5-10-6-13(18-21)15(20)14(7-10)19(22)23/h3-7,9,20H,2H2,1H3/b11-3+,12-5+,17-9-. The molecule has 0 unspecified atom stereocenters. The van der Waals surface area contributed by atoms with Gasteiger partial charge in [0.2, 0.25) is 5.75 Å². The predicted octanol–water partition coefficient (Wildman–Crippen LogP) is 3.77. The number of nitroso groups, excluding NO2 is 1. The van der Waals surface area contributed by atoms with Gasteiger partial charge in [0, 0.05) is 24.1 Å². The van der Waals surface area contributed by atoms with Crippen LogP contribution in [0.15, 0.2) is 52.3 Å². The normalized spacial score (nSPS) is 12.0. The van der Waals surface area contributed by atoms with E-state index in [2.05, 4.69) is 16.7 Å².